The molecule has 0 fully saturated rings. The summed E-state index contributed by atoms with van der Waals surface area (Å²) in [7, 11) is 0. The van der Waals surface area contributed by atoms with Crippen LogP contribution in [0, 0.1) is 0 Å². The van der Waals surface area contributed by atoms with Gasteiger partial charge in [0.1, 0.15) is 13.2 Å². The lowest BCUT2D eigenvalue weighted by Gasteiger charge is -2.20. The number of anilines is 1. The Kier molecular flexibility index (Phi) is 10.6. The molecule has 3 aromatic carbocycles. The fourth-order valence-corrected chi connectivity index (χ4v) is 4.44. The summed E-state index contributed by atoms with van der Waals surface area (Å²) in [6, 6.07) is 19.3. The maximum Gasteiger partial charge on any atom is 0.338 e. The number of ketones is 1. The molecule has 1 unspecified atom stereocenters. The molecule has 8 heteroatoms. The van der Waals surface area contributed by atoms with Gasteiger partial charge in [0, 0.05) is 22.1 Å². The van der Waals surface area contributed by atoms with E-state index in [0.29, 0.717) is 39.0 Å². The van der Waals surface area contributed by atoms with E-state index in [2.05, 4.69) is 34.7 Å². The van der Waals surface area contributed by atoms with Crippen LogP contribution in [0.15, 0.2) is 71.2 Å². The SMILES string of the molecule is CCN(CC)Cc1cc(C(=O)OCCOC(=O)C(C)c2cccc(C(=O)c3ccccc3)c2)cc(Br)c1N. The molecule has 0 aliphatic carbocycles. The molecule has 3 rings (SSSR count). The van der Waals surface area contributed by atoms with Crippen LogP contribution in [0.2, 0.25) is 0 Å². The molecule has 0 spiro atoms. The number of esters is 2. The first-order valence-corrected chi connectivity index (χ1v) is 13.4. The molecule has 0 aliphatic heterocycles. The molecule has 1 atom stereocenters. The Morgan fingerprint density at radius 3 is 2.21 bits per heavy atom. The smallest absolute Gasteiger partial charge is 0.338 e. The third-order valence-corrected chi connectivity index (χ3v) is 6.99. The highest BCUT2D eigenvalue weighted by Crippen LogP contribution is 2.27. The maximum atomic E-state index is 12.7. The highest BCUT2D eigenvalue weighted by molar-refractivity contribution is 9.10. The van der Waals surface area contributed by atoms with Gasteiger partial charge in [0.05, 0.1) is 17.2 Å². The Balaban J connectivity index is 1.55. The summed E-state index contributed by atoms with van der Waals surface area (Å²) in [5, 5.41) is 0. The Morgan fingerprint density at radius 2 is 1.53 bits per heavy atom. The highest BCUT2D eigenvalue weighted by Gasteiger charge is 2.20. The van der Waals surface area contributed by atoms with Crippen molar-refractivity contribution in [3.05, 3.63) is 99.0 Å². The quantitative estimate of drug-likeness (QED) is 0.129. The predicted octanol–water partition coefficient (Wildman–Crippen LogP) is 5.61. The van der Waals surface area contributed by atoms with E-state index in [4.69, 9.17) is 15.2 Å². The Hall–Kier alpha value is -3.49. The molecule has 0 saturated heterocycles. The van der Waals surface area contributed by atoms with Gasteiger partial charge in [-0.05, 0) is 65.3 Å². The van der Waals surface area contributed by atoms with E-state index < -0.39 is 17.9 Å². The summed E-state index contributed by atoms with van der Waals surface area (Å²) in [6.07, 6.45) is 0. The van der Waals surface area contributed by atoms with Gasteiger partial charge in [-0.15, -0.1) is 0 Å². The second-order valence-electron chi connectivity index (χ2n) is 8.84. The molecule has 2 N–H and O–H groups in total. The van der Waals surface area contributed by atoms with Gasteiger partial charge in [-0.1, -0.05) is 62.4 Å². The summed E-state index contributed by atoms with van der Waals surface area (Å²) < 4.78 is 11.3. The topological polar surface area (TPSA) is 98.9 Å². The van der Waals surface area contributed by atoms with Crippen LogP contribution in [0.3, 0.4) is 0 Å². The first kappa shape index (κ1) is 29.1. The summed E-state index contributed by atoms with van der Waals surface area (Å²) in [5.74, 6) is -1.70. The molecule has 7 nitrogen and oxygen atoms in total. The zero-order valence-electron chi connectivity index (χ0n) is 21.9. The van der Waals surface area contributed by atoms with E-state index in [1.807, 2.05) is 6.07 Å². The second-order valence-corrected chi connectivity index (χ2v) is 9.69. The Morgan fingerprint density at radius 1 is 0.868 bits per heavy atom. The van der Waals surface area contributed by atoms with Crippen LogP contribution in [0.1, 0.15) is 64.1 Å². The summed E-state index contributed by atoms with van der Waals surface area (Å²) in [4.78, 5) is 40.2. The van der Waals surface area contributed by atoms with Crippen LogP contribution in [0.25, 0.3) is 0 Å². The molecular weight excluding hydrogens is 548 g/mol. The average molecular weight is 582 g/mol. The lowest BCUT2D eigenvalue weighted by molar-refractivity contribution is -0.146. The monoisotopic (exact) mass is 580 g/mol. The van der Waals surface area contributed by atoms with Crippen molar-refractivity contribution >= 4 is 39.3 Å². The number of carbonyl (C=O) groups is 3. The van der Waals surface area contributed by atoms with E-state index >= 15 is 0 Å². The third kappa shape index (κ3) is 7.52. The van der Waals surface area contributed by atoms with E-state index in [-0.39, 0.29) is 19.0 Å². The normalized spacial score (nSPS) is 11.7. The van der Waals surface area contributed by atoms with Gasteiger partial charge in [0.25, 0.3) is 0 Å². The molecule has 38 heavy (non-hydrogen) atoms. The summed E-state index contributed by atoms with van der Waals surface area (Å²) >= 11 is 3.42. The molecule has 0 aliphatic rings. The van der Waals surface area contributed by atoms with Gasteiger partial charge in [-0.2, -0.15) is 0 Å². The van der Waals surface area contributed by atoms with Crippen molar-refractivity contribution in [2.75, 3.05) is 32.0 Å². The number of nitrogens with two attached hydrogens (primary N) is 1. The van der Waals surface area contributed by atoms with Gasteiger partial charge in [0.2, 0.25) is 0 Å². The number of halogens is 1. The average Bonchev–Trinajstić information content (AvgIpc) is 2.95. The lowest BCUT2D eigenvalue weighted by atomic mass is 9.96. The van der Waals surface area contributed by atoms with Crippen LogP contribution in [0.4, 0.5) is 5.69 Å². The van der Waals surface area contributed by atoms with E-state index in [1.165, 1.54) is 0 Å². The molecule has 3 aromatic rings. The maximum absolute atomic E-state index is 12.7. The van der Waals surface area contributed by atoms with Gasteiger partial charge in [-0.3, -0.25) is 14.5 Å². The number of nitrogens with zero attached hydrogens (tertiary/aromatic N) is 1. The number of rotatable bonds is 12. The number of nitrogen functional groups attached to an aromatic ring is 1. The molecular formula is C30H33BrN2O5. The predicted molar refractivity (Wildman–Crippen MR) is 151 cm³/mol. The van der Waals surface area contributed by atoms with Crippen molar-refractivity contribution in [2.24, 2.45) is 0 Å². The summed E-state index contributed by atoms with van der Waals surface area (Å²) in [6.45, 7) is 8.01. The minimum absolute atomic E-state index is 0.0833. The number of ether oxygens (including phenoxy) is 2. The Bertz CT molecular complexity index is 1270. The van der Waals surface area contributed by atoms with Gasteiger partial charge < -0.3 is 15.2 Å². The minimum atomic E-state index is -0.593. The fourth-order valence-electron chi connectivity index (χ4n) is 3.94. The van der Waals surface area contributed by atoms with E-state index in [1.54, 1.807) is 67.6 Å². The molecule has 0 saturated carbocycles. The first-order chi connectivity index (χ1) is 18.2. The van der Waals surface area contributed by atoms with Crippen LogP contribution < -0.4 is 5.73 Å². The second kappa shape index (κ2) is 13.9. The number of hydrogen-bond acceptors (Lipinski definition) is 7. The highest BCUT2D eigenvalue weighted by atomic mass is 79.9. The van der Waals surface area contributed by atoms with Crippen LogP contribution in [-0.4, -0.2) is 48.9 Å². The standard InChI is InChI=1S/C30H33BrN2O5/c1-4-33(5-2)19-25-17-24(18-26(31)27(25)32)30(36)38-15-14-37-29(35)20(3)22-12-9-13-23(16-22)28(34)21-10-7-6-8-11-21/h6-13,16-18,20H,4-5,14-15,19,32H2,1-3H3. The molecule has 0 amide bonds. The molecule has 0 bridgehead atoms. The third-order valence-electron chi connectivity index (χ3n) is 6.34. The molecule has 0 heterocycles. The summed E-state index contributed by atoms with van der Waals surface area (Å²) in [5.41, 5.74) is 9.73. The van der Waals surface area contributed by atoms with Crippen LogP contribution >= 0.6 is 15.9 Å². The number of carbonyl (C=O) groups excluding carboxylic acids is 3. The lowest BCUT2D eigenvalue weighted by Crippen LogP contribution is -2.23. The molecule has 0 aromatic heterocycles. The zero-order chi connectivity index (χ0) is 27.7. The van der Waals surface area contributed by atoms with Crippen molar-refractivity contribution in [3.63, 3.8) is 0 Å². The van der Waals surface area contributed by atoms with Crippen LogP contribution in [-0.2, 0) is 20.8 Å². The van der Waals surface area contributed by atoms with E-state index in [0.717, 1.165) is 18.7 Å². The molecule has 0 radical (unpaired) electrons. The van der Waals surface area contributed by atoms with Gasteiger partial charge in [-0.25, -0.2) is 4.79 Å². The van der Waals surface area contributed by atoms with Gasteiger partial charge >= 0.3 is 11.9 Å². The minimum Gasteiger partial charge on any atom is -0.462 e. The number of benzene rings is 3. The van der Waals surface area contributed by atoms with Crippen molar-refractivity contribution in [1.29, 1.82) is 0 Å². The van der Waals surface area contributed by atoms with Crippen molar-refractivity contribution in [2.45, 2.75) is 33.2 Å². The molecule has 200 valence electrons. The fraction of sp³-hybridized carbons (Fsp3) is 0.300. The van der Waals surface area contributed by atoms with E-state index in [9.17, 15) is 14.4 Å². The Labute approximate surface area is 232 Å². The first-order valence-electron chi connectivity index (χ1n) is 12.6. The van der Waals surface area contributed by atoms with Crippen molar-refractivity contribution in [3.8, 4) is 0 Å². The van der Waals surface area contributed by atoms with Crippen LogP contribution in [0.5, 0.6) is 0 Å². The zero-order valence-corrected chi connectivity index (χ0v) is 23.5. The van der Waals surface area contributed by atoms with Crippen molar-refractivity contribution < 1.29 is 23.9 Å². The largest absolute Gasteiger partial charge is 0.462 e. The van der Waals surface area contributed by atoms with Crippen molar-refractivity contribution in [1.82, 2.24) is 4.90 Å². The number of hydrogen-bond donors (Lipinski definition) is 1. The van der Waals surface area contributed by atoms with Gasteiger partial charge in [0.15, 0.2) is 5.78 Å².